The Morgan fingerprint density at radius 3 is 2.18 bits per heavy atom. The van der Waals surface area contributed by atoms with Crippen LogP contribution in [-0.2, 0) is 4.74 Å². The molecule has 0 aromatic rings. The molecule has 1 aliphatic heterocycles. The van der Waals surface area contributed by atoms with E-state index in [1.807, 2.05) is 6.92 Å². The van der Waals surface area contributed by atoms with E-state index < -0.39 is 24.2 Å². The van der Waals surface area contributed by atoms with Gasteiger partial charge in [-0.1, -0.05) is 12.8 Å². The summed E-state index contributed by atoms with van der Waals surface area (Å²) in [5.74, 6) is -0.237. The largest absolute Gasteiger partial charge is 0.408 e. The molecule has 0 unspecified atom stereocenters. The normalized spacial score (nSPS) is 24.0. The number of carbonyl (C=O) groups excluding carboxylic acids is 1. The first-order valence-electron chi connectivity index (χ1n) is 8.09. The van der Waals surface area contributed by atoms with Crippen molar-refractivity contribution in [3.05, 3.63) is 0 Å². The second-order valence-corrected chi connectivity index (χ2v) is 6.42. The molecule has 2 N–H and O–H groups in total. The van der Waals surface area contributed by atoms with E-state index in [0.29, 0.717) is 26.1 Å². The summed E-state index contributed by atoms with van der Waals surface area (Å²) in [4.78, 5) is 12.0. The van der Waals surface area contributed by atoms with Crippen molar-refractivity contribution in [2.75, 3.05) is 13.2 Å². The Labute approximate surface area is 129 Å². The van der Waals surface area contributed by atoms with Crippen LogP contribution >= 0.6 is 0 Å². The molecule has 7 heteroatoms. The summed E-state index contributed by atoms with van der Waals surface area (Å²) in [5.41, 5.74) is 0. The lowest BCUT2D eigenvalue weighted by Crippen LogP contribution is -2.55. The molecule has 1 saturated heterocycles. The molecule has 1 saturated carbocycles. The van der Waals surface area contributed by atoms with E-state index in [-0.39, 0.29) is 12.0 Å². The molecule has 1 heterocycles. The van der Waals surface area contributed by atoms with Crippen LogP contribution in [0.3, 0.4) is 0 Å². The minimum Gasteiger partial charge on any atom is -0.381 e. The van der Waals surface area contributed by atoms with Gasteiger partial charge in [0.25, 0.3) is 0 Å². The zero-order chi connectivity index (χ0) is 16.2. The second-order valence-electron chi connectivity index (χ2n) is 6.42. The number of halogens is 3. The molecule has 128 valence electrons. The summed E-state index contributed by atoms with van der Waals surface area (Å²) in [6.07, 6.45) is -0.0776. The fraction of sp³-hybridized carbons (Fsp3) is 0.933. The molecule has 4 nitrogen and oxygen atoms in total. The first kappa shape index (κ1) is 17.4. The van der Waals surface area contributed by atoms with Gasteiger partial charge in [-0.3, -0.25) is 0 Å². The smallest absolute Gasteiger partial charge is 0.381 e. The summed E-state index contributed by atoms with van der Waals surface area (Å²) in [7, 11) is 0. The maximum Gasteiger partial charge on any atom is 0.408 e. The molecule has 0 aromatic heterocycles. The topological polar surface area (TPSA) is 50.4 Å². The molecular formula is C15H25F3N2O2. The van der Waals surface area contributed by atoms with Gasteiger partial charge in [-0.15, -0.1) is 0 Å². The van der Waals surface area contributed by atoms with Gasteiger partial charge in [0.05, 0.1) is 0 Å². The van der Waals surface area contributed by atoms with Crippen molar-refractivity contribution >= 4 is 6.03 Å². The molecule has 2 amide bonds. The first-order valence-corrected chi connectivity index (χ1v) is 8.09. The highest BCUT2D eigenvalue weighted by molar-refractivity contribution is 5.74. The maximum atomic E-state index is 13.2. The average molecular weight is 322 g/mol. The molecule has 0 radical (unpaired) electrons. The maximum absolute atomic E-state index is 13.2. The molecule has 22 heavy (non-hydrogen) atoms. The lowest BCUT2D eigenvalue weighted by Gasteiger charge is -2.31. The number of alkyl halides is 3. The average Bonchev–Trinajstić information content (AvgIpc) is 2.98. The summed E-state index contributed by atoms with van der Waals surface area (Å²) < 4.78 is 44.8. The van der Waals surface area contributed by atoms with Crippen molar-refractivity contribution in [1.29, 1.82) is 0 Å². The SMILES string of the molecule is C[C@H](NC(=O)N[C@@H](C1CCCC1)C(F)(F)F)C1CCOCC1. The lowest BCUT2D eigenvalue weighted by atomic mass is 9.93. The van der Waals surface area contributed by atoms with E-state index in [4.69, 9.17) is 4.74 Å². The minimum atomic E-state index is -4.39. The molecular weight excluding hydrogens is 297 g/mol. The Balaban J connectivity index is 1.87. The van der Waals surface area contributed by atoms with Crippen LogP contribution in [-0.4, -0.2) is 37.5 Å². The van der Waals surface area contributed by atoms with Crippen LogP contribution in [0.1, 0.15) is 45.4 Å². The molecule has 2 aliphatic rings. The van der Waals surface area contributed by atoms with E-state index in [1.165, 1.54) is 0 Å². The lowest BCUT2D eigenvalue weighted by molar-refractivity contribution is -0.164. The molecule has 1 aliphatic carbocycles. The molecule has 0 aromatic carbocycles. The van der Waals surface area contributed by atoms with Crippen molar-refractivity contribution in [1.82, 2.24) is 10.6 Å². The third-order valence-electron chi connectivity index (χ3n) is 4.84. The van der Waals surface area contributed by atoms with Crippen LogP contribution in [0.15, 0.2) is 0 Å². The molecule has 2 atom stereocenters. The van der Waals surface area contributed by atoms with Gasteiger partial charge in [-0.25, -0.2) is 4.79 Å². The number of hydrogen-bond donors (Lipinski definition) is 2. The zero-order valence-corrected chi connectivity index (χ0v) is 12.9. The van der Waals surface area contributed by atoms with Crippen LogP contribution in [0.4, 0.5) is 18.0 Å². The molecule has 0 spiro atoms. The Morgan fingerprint density at radius 2 is 1.64 bits per heavy atom. The van der Waals surface area contributed by atoms with E-state index in [2.05, 4.69) is 10.6 Å². The Morgan fingerprint density at radius 1 is 1.05 bits per heavy atom. The Hall–Kier alpha value is -0.980. The Kier molecular flexibility index (Phi) is 5.94. The number of amides is 2. The van der Waals surface area contributed by atoms with Crippen molar-refractivity contribution in [3.8, 4) is 0 Å². The third-order valence-corrected chi connectivity index (χ3v) is 4.84. The first-order chi connectivity index (χ1) is 10.4. The molecule has 2 fully saturated rings. The van der Waals surface area contributed by atoms with Gasteiger partial charge in [-0.05, 0) is 44.4 Å². The second kappa shape index (κ2) is 7.53. The highest BCUT2D eigenvalue weighted by Gasteiger charge is 2.46. The van der Waals surface area contributed by atoms with E-state index in [9.17, 15) is 18.0 Å². The molecule has 2 rings (SSSR count). The number of rotatable bonds is 4. The molecule has 0 bridgehead atoms. The summed E-state index contributed by atoms with van der Waals surface area (Å²) in [6.45, 7) is 3.13. The quantitative estimate of drug-likeness (QED) is 0.835. The van der Waals surface area contributed by atoms with Crippen LogP contribution in [0.2, 0.25) is 0 Å². The number of hydrogen-bond acceptors (Lipinski definition) is 2. The number of nitrogens with one attached hydrogen (secondary N) is 2. The highest BCUT2D eigenvalue weighted by Crippen LogP contribution is 2.35. The fourth-order valence-corrected chi connectivity index (χ4v) is 3.48. The monoisotopic (exact) mass is 322 g/mol. The van der Waals surface area contributed by atoms with Gasteiger partial charge in [0.15, 0.2) is 0 Å². The summed E-state index contributed by atoms with van der Waals surface area (Å²) in [5, 5.41) is 4.83. The van der Waals surface area contributed by atoms with Crippen LogP contribution in [0, 0.1) is 11.8 Å². The van der Waals surface area contributed by atoms with Crippen molar-refractivity contribution in [2.45, 2.75) is 63.7 Å². The standard InChI is InChI=1S/C15H25F3N2O2/c1-10(11-6-8-22-9-7-11)19-14(21)20-13(15(16,17)18)12-4-2-3-5-12/h10-13H,2-9H2,1H3,(H2,19,20,21)/t10-,13-/m0/s1. The van der Waals surface area contributed by atoms with E-state index in [1.54, 1.807) is 0 Å². The number of carbonyl (C=O) groups is 1. The van der Waals surface area contributed by atoms with Crippen LogP contribution < -0.4 is 10.6 Å². The van der Waals surface area contributed by atoms with Crippen LogP contribution in [0.5, 0.6) is 0 Å². The van der Waals surface area contributed by atoms with Crippen molar-refractivity contribution in [3.63, 3.8) is 0 Å². The Bertz CT molecular complexity index is 364. The van der Waals surface area contributed by atoms with Gasteiger partial charge >= 0.3 is 12.2 Å². The zero-order valence-electron chi connectivity index (χ0n) is 12.9. The van der Waals surface area contributed by atoms with Crippen molar-refractivity contribution in [2.24, 2.45) is 11.8 Å². The van der Waals surface area contributed by atoms with Crippen LogP contribution in [0.25, 0.3) is 0 Å². The summed E-state index contributed by atoms with van der Waals surface area (Å²) in [6, 6.07) is -2.61. The van der Waals surface area contributed by atoms with Gasteiger partial charge in [0.1, 0.15) is 6.04 Å². The highest BCUT2D eigenvalue weighted by atomic mass is 19.4. The predicted molar refractivity (Wildman–Crippen MR) is 76.5 cm³/mol. The number of urea groups is 1. The van der Waals surface area contributed by atoms with Gasteiger partial charge in [0.2, 0.25) is 0 Å². The van der Waals surface area contributed by atoms with E-state index in [0.717, 1.165) is 25.7 Å². The fourth-order valence-electron chi connectivity index (χ4n) is 3.48. The van der Waals surface area contributed by atoms with Gasteiger partial charge < -0.3 is 15.4 Å². The van der Waals surface area contributed by atoms with E-state index >= 15 is 0 Å². The minimum absolute atomic E-state index is 0.152. The summed E-state index contributed by atoms with van der Waals surface area (Å²) >= 11 is 0. The third kappa shape index (κ3) is 4.76. The van der Waals surface area contributed by atoms with Gasteiger partial charge in [0, 0.05) is 19.3 Å². The number of ether oxygens (including phenoxy) is 1. The predicted octanol–water partition coefficient (Wildman–Crippen LogP) is 3.22. The van der Waals surface area contributed by atoms with Crippen molar-refractivity contribution < 1.29 is 22.7 Å². The van der Waals surface area contributed by atoms with Gasteiger partial charge in [-0.2, -0.15) is 13.2 Å².